The molecular formula is C68H75Br3N12O7. The maximum absolute atomic E-state index is 13.1. The number of ether oxygens (including phenoxy) is 1. The Bertz CT molecular complexity index is 4170. The average Bonchev–Trinajstić information content (AvgIpc) is 0.943. The number of nitrogen functional groups attached to an aromatic ring is 2. The maximum atomic E-state index is 13.1. The first-order valence-electron chi connectivity index (χ1n) is 28.7. The summed E-state index contributed by atoms with van der Waals surface area (Å²) in [5, 5.41) is 17.8. The van der Waals surface area contributed by atoms with E-state index in [1.165, 1.54) is 29.4 Å². The molecule has 10 rings (SSSR count). The summed E-state index contributed by atoms with van der Waals surface area (Å²) in [5.74, 6) is 0.921. The molecule has 0 atom stereocenters. The molecular weight excluding hydrogens is 1340 g/mol. The molecule has 0 bridgehead atoms. The van der Waals surface area contributed by atoms with Crippen molar-refractivity contribution in [3.8, 4) is 22.3 Å². The molecule has 0 spiro atoms. The minimum atomic E-state index is -0.227. The summed E-state index contributed by atoms with van der Waals surface area (Å²) in [7, 11) is 6.75. The van der Waals surface area contributed by atoms with Crippen molar-refractivity contribution in [2.24, 2.45) is 28.2 Å². The topological polar surface area (TPSA) is 249 Å². The van der Waals surface area contributed by atoms with Crippen LogP contribution in [0.25, 0.3) is 22.3 Å². The largest absolute Gasteiger partial charge is 0.394 e. The Morgan fingerprint density at radius 1 is 0.511 bits per heavy atom. The summed E-state index contributed by atoms with van der Waals surface area (Å²) in [6.45, 7) is 19.6. The lowest BCUT2D eigenvalue weighted by molar-refractivity contribution is 0.101. The Morgan fingerprint density at radius 2 is 0.944 bits per heavy atom. The van der Waals surface area contributed by atoms with Gasteiger partial charge in [0.1, 0.15) is 5.69 Å². The number of amides is 2. The van der Waals surface area contributed by atoms with Gasteiger partial charge in [0.15, 0.2) is 11.6 Å². The van der Waals surface area contributed by atoms with Gasteiger partial charge in [0, 0.05) is 109 Å². The Labute approximate surface area is 548 Å². The monoisotopic (exact) mass is 1410 g/mol. The van der Waals surface area contributed by atoms with Gasteiger partial charge in [-0.1, -0.05) is 90.1 Å². The molecule has 470 valence electrons. The quantitative estimate of drug-likeness (QED) is 0.0903. The molecule has 1 aliphatic rings. The lowest BCUT2D eigenvalue weighted by Crippen LogP contribution is -2.36. The van der Waals surface area contributed by atoms with E-state index < -0.39 is 0 Å². The van der Waals surface area contributed by atoms with Crippen molar-refractivity contribution in [2.75, 3.05) is 58.6 Å². The van der Waals surface area contributed by atoms with Crippen LogP contribution in [0.5, 0.6) is 0 Å². The van der Waals surface area contributed by atoms with Crippen molar-refractivity contribution in [3.63, 3.8) is 0 Å². The Hall–Kier alpha value is -8.70. The van der Waals surface area contributed by atoms with Crippen LogP contribution in [0.15, 0.2) is 179 Å². The third kappa shape index (κ3) is 17.8. The van der Waals surface area contributed by atoms with Crippen LogP contribution in [0.1, 0.15) is 84.5 Å². The van der Waals surface area contributed by atoms with Crippen LogP contribution >= 0.6 is 47.8 Å². The first-order valence-corrected chi connectivity index (χ1v) is 31.1. The minimum Gasteiger partial charge on any atom is -0.394 e. The molecule has 90 heavy (non-hydrogen) atoms. The summed E-state index contributed by atoms with van der Waals surface area (Å²) in [5.41, 5.74) is 21.7. The molecule has 1 fully saturated rings. The molecule has 6 heterocycles. The van der Waals surface area contributed by atoms with Gasteiger partial charge in [0.05, 0.1) is 29.1 Å². The van der Waals surface area contributed by atoms with E-state index in [1.54, 1.807) is 77.2 Å². The molecule has 4 aromatic carbocycles. The van der Waals surface area contributed by atoms with Gasteiger partial charge in [-0.2, -0.15) is 0 Å². The molecule has 5 aromatic heterocycles. The van der Waals surface area contributed by atoms with Crippen LogP contribution in [0.2, 0.25) is 0 Å². The number of carbonyl (C=O) groups is 2. The molecule has 0 aliphatic carbocycles. The zero-order valence-corrected chi connectivity index (χ0v) is 57.2. The first-order chi connectivity index (χ1) is 42.4. The average molecular weight is 1410 g/mol. The van der Waals surface area contributed by atoms with Gasteiger partial charge >= 0.3 is 0 Å². The van der Waals surface area contributed by atoms with Crippen LogP contribution < -0.4 is 54.6 Å². The van der Waals surface area contributed by atoms with Gasteiger partial charge < -0.3 is 55.3 Å². The summed E-state index contributed by atoms with van der Waals surface area (Å²) in [6.07, 6.45) is 6.92. The van der Waals surface area contributed by atoms with E-state index >= 15 is 0 Å². The summed E-state index contributed by atoms with van der Waals surface area (Å²) >= 11 is 9.60. The molecule has 7 N–H and O–H groups in total. The summed E-state index contributed by atoms with van der Waals surface area (Å²) < 4.78 is 13.6. The highest BCUT2D eigenvalue weighted by Gasteiger charge is 2.20. The van der Waals surface area contributed by atoms with Gasteiger partial charge in [-0.3, -0.25) is 28.8 Å². The lowest BCUT2D eigenvalue weighted by atomic mass is 9.86. The van der Waals surface area contributed by atoms with Crippen LogP contribution in [-0.4, -0.2) is 66.6 Å². The highest BCUT2D eigenvalue weighted by atomic mass is 79.9. The molecule has 19 nitrogen and oxygen atoms in total. The molecule has 2 amide bonds. The number of hydrogen-bond donors (Lipinski definition) is 5. The second-order valence-electron chi connectivity index (χ2n) is 23.6. The molecule has 1 aliphatic heterocycles. The summed E-state index contributed by atoms with van der Waals surface area (Å²) in [6, 6.07) is 37.3. The molecule has 1 saturated heterocycles. The molecule has 22 heteroatoms. The van der Waals surface area contributed by atoms with E-state index in [4.69, 9.17) is 16.2 Å². The number of nitrogens with one attached hydrogen (secondary N) is 3. The van der Waals surface area contributed by atoms with Crippen molar-refractivity contribution in [3.05, 3.63) is 234 Å². The Kier molecular flexibility index (Phi) is 22.7. The number of nitrogens with zero attached hydrogens (tertiary/aromatic N) is 7. The second kappa shape index (κ2) is 29.7. The summed E-state index contributed by atoms with van der Waals surface area (Å²) in [4.78, 5) is 74.8. The molecule has 0 saturated carbocycles. The minimum absolute atomic E-state index is 0.0162. The second-order valence-corrected chi connectivity index (χ2v) is 26.3. The van der Waals surface area contributed by atoms with Crippen LogP contribution in [0.3, 0.4) is 0 Å². The van der Waals surface area contributed by atoms with E-state index in [-0.39, 0.29) is 56.3 Å². The number of nitrogens with two attached hydrogens (primary N) is 2. The van der Waals surface area contributed by atoms with Crippen molar-refractivity contribution < 1.29 is 14.3 Å². The van der Waals surface area contributed by atoms with E-state index in [9.17, 15) is 28.8 Å². The van der Waals surface area contributed by atoms with E-state index in [1.807, 2.05) is 111 Å². The SMILES string of the molecule is Cc1c(NC(=O)c2ccc(C(C)(C)C)cc2)cccc1-c1cc(N)c(=O)n(C)c1.Cc1c(NC(=O)c2ccc(C(C)(C)C)cc2)cccc1-c1cc(Nc2ccc(N3CCOCC3)nn2)c(=O)n(C)c1.Cn1cc(Br)cc(Br)c1=O.Cn1cc(Br)cc(N)c1=O. The van der Waals surface area contributed by atoms with Gasteiger partial charge in [0.25, 0.3) is 34.1 Å². The number of morpholine rings is 1. The van der Waals surface area contributed by atoms with Gasteiger partial charge in [-0.25, -0.2) is 0 Å². The van der Waals surface area contributed by atoms with Crippen LogP contribution in [0, 0.1) is 13.8 Å². The van der Waals surface area contributed by atoms with Crippen molar-refractivity contribution in [1.82, 2.24) is 28.5 Å². The van der Waals surface area contributed by atoms with Crippen molar-refractivity contribution >= 4 is 99.7 Å². The van der Waals surface area contributed by atoms with Gasteiger partial charge in [-0.15, -0.1) is 10.2 Å². The first kappa shape index (κ1) is 68.8. The fourth-order valence-electron chi connectivity index (χ4n) is 9.45. The van der Waals surface area contributed by atoms with Gasteiger partial charge in [-0.05, 0) is 179 Å². The number of hydrogen-bond acceptors (Lipinski definition) is 13. The number of halogens is 3. The third-order valence-corrected chi connectivity index (χ3v) is 16.2. The standard InChI is InChI=1S/C32H36N6O3.C24H27N3O2.C6H5Br2NO.C6H7BrN2O/c1-21-25(7-6-8-26(21)34-30(39)22-9-11-24(12-10-22)32(2,3)4)23-19-27(31(40)37(5)20-23)33-28-13-14-29(36-35-28)38-15-17-41-18-16-38;1-15-19(17-13-20(25)23(29)27(5)14-17)7-6-8-21(15)26-22(28)16-9-11-18(12-10-16)24(2,3)4;2*1-9-3-4(7)2-5(8)6(9)10/h6-14,19-20H,15-18H2,1-5H3,(H,33,35)(H,34,39);6-14H,25H2,1-5H3,(H,26,28);2-3H,1H3;2-3H,8H2,1H3. The lowest BCUT2D eigenvalue weighted by Gasteiger charge is -2.27. The molecule has 9 aromatic rings. The number of rotatable bonds is 9. The molecule has 0 unspecified atom stereocenters. The number of carbonyl (C=O) groups excluding carboxylic acids is 2. The number of benzene rings is 4. The maximum Gasteiger partial charge on any atom is 0.274 e. The Balaban J connectivity index is 0.000000201. The molecule has 0 radical (unpaired) electrons. The van der Waals surface area contributed by atoms with Crippen LogP contribution in [-0.2, 0) is 43.8 Å². The predicted octanol–water partition coefficient (Wildman–Crippen LogP) is 12.4. The normalized spacial score (nSPS) is 12.1. The highest BCUT2D eigenvalue weighted by Crippen LogP contribution is 2.32. The smallest absolute Gasteiger partial charge is 0.274 e. The zero-order valence-electron chi connectivity index (χ0n) is 52.5. The number of anilines is 7. The fraction of sp³-hybridized carbons (Fsp3) is 0.265. The third-order valence-electron chi connectivity index (χ3n) is 14.7. The van der Waals surface area contributed by atoms with Gasteiger partial charge in [0.2, 0.25) is 0 Å². The van der Waals surface area contributed by atoms with Crippen LogP contribution in [0.4, 0.5) is 40.1 Å². The predicted molar refractivity (Wildman–Crippen MR) is 374 cm³/mol. The number of aryl methyl sites for hydroxylation is 4. The van der Waals surface area contributed by atoms with Crippen molar-refractivity contribution in [2.45, 2.75) is 66.2 Å². The number of pyridine rings is 4. The zero-order chi connectivity index (χ0) is 65.9. The van der Waals surface area contributed by atoms with Crippen molar-refractivity contribution in [1.29, 1.82) is 0 Å². The van der Waals surface area contributed by atoms with E-state index in [0.717, 1.165) is 66.9 Å². The highest BCUT2D eigenvalue weighted by molar-refractivity contribution is 9.11. The Morgan fingerprint density at radius 3 is 1.38 bits per heavy atom. The fourth-order valence-corrected chi connectivity index (χ4v) is 11.4. The number of aromatic nitrogens is 6. The van der Waals surface area contributed by atoms with E-state index in [2.05, 4.69) is 120 Å². The van der Waals surface area contributed by atoms with E-state index in [0.29, 0.717) is 46.0 Å².